The number of hydrogen-bond donors (Lipinski definition) is 1. The summed E-state index contributed by atoms with van der Waals surface area (Å²) in [5.41, 5.74) is 3.37. The van der Waals surface area contributed by atoms with E-state index in [-0.39, 0.29) is 29.9 Å². The first kappa shape index (κ1) is 23.5. The molecule has 5 nitrogen and oxygen atoms in total. The molecule has 0 saturated heterocycles. The summed E-state index contributed by atoms with van der Waals surface area (Å²) >= 11 is 5.94. The summed E-state index contributed by atoms with van der Waals surface area (Å²) < 4.78 is 28.0. The molecule has 33 heavy (non-hydrogen) atoms. The molecule has 0 heterocycles. The number of amides is 1. The molecule has 7 heteroatoms. The van der Waals surface area contributed by atoms with Gasteiger partial charge in [0.25, 0.3) is 0 Å². The smallest absolute Gasteiger partial charge is 0.243 e. The first-order chi connectivity index (χ1) is 15.9. The molecule has 1 aliphatic rings. The topological polar surface area (TPSA) is 66.5 Å². The Balaban J connectivity index is 1.53. The van der Waals surface area contributed by atoms with Crippen LogP contribution in [-0.4, -0.2) is 31.7 Å². The van der Waals surface area contributed by atoms with Crippen LogP contribution in [0.3, 0.4) is 0 Å². The van der Waals surface area contributed by atoms with Gasteiger partial charge < -0.3 is 5.32 Å². The van der Waals surface area contributed by atoms with Gasteiger partial charge in [-0.3, -0.25) is 4.79 Å². The van der Waals surface area contributed by atoms with Crippen LogP contribution >= 0.6 is 11.6 Å². The maximum Gasteiger partial charge on any atom is 0.243 e. The number of halogens is 1. The average Bonchev–Trinajstić information content (AvgIpc) is 2.83. The summed E-state index contributed by atoms with van der Waals surface area (Å²) in [5, 5.41) is 3.53. The Morgan fingerprint density at radius 1 is 0.970 bits per heavy atom. The van der Waals surface area contributed by atoms with Gasteiger partial charge in [0.2, 0.25) is 15.9 Å². The molecule has 0 bridgehead atoms. The molecular weight excluding hydrogens is 456 g/mol. The van der Waals surface area contributed by atoms with E-state index in [1.54, 1.807) is 12.1 Å². The minimum absolute atomic E-state index is 0.100. The van der Waals surface area contributed by atoms with Crippen molar-refractivity contribution in [1.29, 1.82) is 0 Å². The zero-order valence-corrected chi connectivity index (χ0v) is 19.9. The van der Waals surface area contributed by atoms with Crippen molar-refractivity contribution in [2.45, 2.75) is 36.6 Å². The molecular formula is C26H27ClN2O3S. The lowest BCUT2D eigenvalue weighted by atomic mass is 9.88. The molecule has 1 N–H and O–H groups in total. The van der Waals surface area contributed by atoms with Crippen molar-refractivity contribution in [3.63, 3.8) is 0 Å². The third-order valence-electron chi connectivity index (χ3n) is 5.97. The van der Waals surface area contributed by atoms with Crippen molar-refractivity contribution in [2.75, 3.05) is 13.1 Å². The number of carbonyl (C=O) groups excluding carboxylic acids is 1. The minimum Gasteiger partial charge on any atom is -0.348 e. The Morgan fingerprint density at radius 2 is 1.67 bits per heavy atom. The maximum absolute atomic E-state index is 13.4. The monoisotopic (exact) mass is 482 g/mol. The highest BCUT2D eigenvalue weighted by atomic mass is 35.5. The highest BCUT2D eigenvalue weighted by molar-refractivity contribution is 7.89. The molecule has 1 aliphatic carbocycles. The Kier molecular flexibility index (Phi) is 7.48. The normalized spacial score (nSPS) is 15.8. The second-order valence-electron chi connectivity index (χ2n) is 8.24. The van der Waals surface area contributed by atoms with Gasteiger partial charge in [0.15, 0.2) is 0 Å². The lowest BCUT2D eigenvalue weighted by molar-refractivity contribution is -0.122. The molecule has 172 valence electrons. The molecule has 0 saturated carbocycles. The van der Waals surface area contributed by atoms with Crippen LogP contribution in [0.25, 0.3) is 0 Å². The van der Waals surface area contributed by atoms with Gasteiger partial charge in [-0.1, -0.05) is 66.2 Å². The molecule has 4 rings (SSSR count). The maximum atomic E-state index is 13.4. The van der Waals surface area contributed by atoms with Crippen molar-refractivity contribution in [3.05, 3.63) is 101 Å². The van der Waals surface area contributed by atoms with Gasteiger partial charge in [-0.05, 0) is 66.6 Å². The largest absolute Gasteiger partial charge is 0.348 e. The van der Waals surface area contributed by atoms with E-state index in [9.17, 15) is 13.2 Å². The van der Waals surface area contributed by atoms with E-state index in [0.29, 0.717) is 11.4 Å². The van der Waals surface area contributed by atoms with E-state index in [0.717, 1.165) is 30.4 Å². The Labute approximate surface area is 200 Å². The number of nitrogens with one attached hydrogen (secondary N) is 1. The second-order valence-corrected chi connectivity index (χ2v) is 10.6. The number of fused-ring (bicyclic) bond motifs is 1. The highest BCUT2D eigenvalue weighted by Crippen LogP contribution is 2.29. The summed E-state index contributed by atoms with van der Waals surface area (Å²) in [7, 11) is -3.87. The Morgan fingerprint density at radius 3 is 2.42 bits per heavy atom. The van der Waals surface area contributed by atoms with E-state index < -0.39 is 10.0 Å². The molecule has 1 amide bonds. The molecule has 1 unspecified atom stereocenters. The number of sulfonamides is 1. The zero-order valence-electron chi connectivity index (χ0n) is 18.3. The standard InChI is InChI=1S/C26H27ClN2O3S/c27-22-13-15-23(16-14-22)33(31,32)29(18-17-20-7-2-1-3-8-20)19-26(30)28-25-12-6-10-21-9-4-5-11-24(21)25/h1-5,7-9,11,13-16,25H,6,10,12,17-19H2,(H,28,30). The number of rotatable bonds is 8. The van der Waals surface area contributed by atoms with Crippen molar-refractivity contribution >= 4 is 27.5 Å². The third kappa shape index (κ3) is 5.82. The Hall–Kier alpha value is -2.67. The van der Waals surface area contributed by atoms with Crippen LogP contribution < -0.4 is 5.32 Å². The van der Waals surface area contributed by atoms with Gasteiger partial charge >= 0.3 is 0 Å². The van der Waals surface area contributed by atoms with Gasteiger partial charge in [0.05, 0.1) is 17.5 Å². The zero-order chi connectivity index (χ0) is 23.3. The van der Waals surface area contributed by atoms with E-state index in [1.807, 2.05) is 48.5 Å². The summed E-state index contributed by atoms with van der Waals surface area (Å²) in [6, 6.07) is 23.7. The third-order valence-corrected chi connectivity index (χ3v) is 8.08. The first-order valence-corrected chi connectivity index (χ1v) is 12.9. The van der Waals surface area contributed by atoms with Crippen LogP contribution in [0, 0.1) is 0 Å². The number of carbonyl (C=O) groups is 1. The SMILES string of the molecule is O=C(CN(CCc1ccccc1)S(=O)(=O)c1ccc(Cl)cc1)NC1CCCc2ccccc21. The lowest BCUT2D eigenvalue weighted by Crippen LogP contribution is -2.43. The molecule has 0 aromatic heterocycles. The first-order valence-electron chi connectivity index (χ1n) is 11.1. The fraction of sp³-hybridized carbons (Fsp3) is 0.269. The van der Waals surface area contributed by atoms with Crippen molar-refractivity contribution < 1.29 is 13.2 Å². The second kappa shape index (κ2) is 10.5. The fourth-order valence-electron chi connectivity index (χ4n) is 4.24. The average molecular weight is 483 g/mol. The molecule has 0 radical (unpaired) electrons. The van der Waals surface area contributed by atoms with E-state index in [1.165, 1.54) is 22.0 Å². The molecule has 0 spiro atoms. The lowest BCUT2D eigenvalue weighted by Gasteiger charge is -2.28. The van der Waals surface area contributed by atoms with Crippen LogP contribution in [-0.2, 0) is 27.7 Å². The highest BCUT2D eigenvalue weighted by Gasteiger charge is 2.28. The van der Waals surface area contributed by atoms with E-state index in [2.05, 4.69) is 11.4 Å². The summed E-state index contributed by atoms with van der Waals surface area (Å²) in [6.45, 7) is -0.0416. The fourth-order valence-corrected chi connectivity index (χ4v) is 5.77. The van der Waals surface area contributed by atoms with Crippen molar-refractivity contribution in [3.8, 4) is 0 Å². The number of nitrogens with zero attached hydrogens (tertiary/aromatic N) is 1. The summed E-state index contributed by atoms with van der Waals surface area (Å²) in [6.07, 6.45) is 3.34. The van der Waals surface area contributed by atoms with Gasteiger partial charge in [0, 0.05) is 11.6 Å². The predicted molar refractivity (Wildman–Crippen MR) is 131 cm³/mol. The van der Waals surface area contributed by atoms with Crippen molar-refractivity contribution in [1.82, 2.24) is 9.62 Å². The van der Waals surface area contributed by atoms with Crippen LogP contribution in [0.2, 0.25) is 5.02 Å². The van der Waals surface area contributed by atoms with Crippen LogP contribution in [0.15, 0.2) is 83.8 Å². The van der Waals surface area contributed by atoms with Crippen LogP contribution in [0.1, 0.15) is 35.6 Å². The molecule has 0 aliphatic heterocycles. The van der Waals surface area contributed by atoms with Crippen LogP contribution in [0.5, 0.6) is 0 Å². The molecule has 0 fully saturated rings. The van der Waals surface area contributed by atoms with E-state index >= 15 is 0 Å². The molecule has 3 aromatic carbocycles. The van der Waals surface area contributed by atoms with E-state index in [4.69, 9.17) is 11.6 Å². The van der Waals surface area contributed by atoms with Gasteiger partial charge in [0.1, 0.15) is 0 Å². The Bertz CT molecular complexity index is 1200. The number of aryl methyl sites for hydroxylation is 1. The molecule has 3 aromatic rings. The van der Waals surface area contributed by atoms with Gasteiger partial charge in [-0.25, -0.2) is 8.42 Å². The van der Waals surface area contributed by atoms with Crippen molar-refractivity contribution in [2.24, 2.45) is 0 Å². The quantitative estimate of drug-likeness (QED) is 0.503. The summed E-state index contributed by atoms with van der Waals surface area (Å²) in [4.78, 5) is 13.2. The minimum atomic E-state index is -3.87. The predicted octanol–water partition coefficient (Wildman–Crippen LogP) is 4.77. The molecule has 1 atom stereocenters. The van der Waals surface area contributed by atoms with Gasteiger partial charge in [-0.2, -0.15) is 4.31 Å². The van der Waals surface area contributed by atoms with Crippen LogP contribution in [0.4, 0.5) is 0 Å². The van der Waals surface area contributed by atoms with Gasteiger partial charge in [-0.15, -0.1) is 0 Å². The summed E-state index contributed by atoms with van der Waals surface area (Å²) in [5.74, 6) is -0.303. The number of hydrogen-bond acceptors (Lipinski definition) is 3. The number of benzene rings is 3.